The molecule has 6 nitrogen and oxygen atoms in total. The SMILES string of the molecule is Cc1c(O)c([N+](=O)[O-])c(C)c2c1[C@@H]1OC(=O)[C@@H](C)[C@@H]1CC2. The minimum Gasteiger partial charge on any atom is -0.502 e. The van der Waals surface area contributed by atoms with Gasteiger partial charge in [-0.2, -0.15) is 0 Å². The van der Waals surface area contributed by atoms with Gasteiger partial charge in [0.2, 0.25) is 0 Å². The molecule has 0 aromatic heterocycles. The summed E-state index contributed by atoms with van der Waals surface area (Å²) in [6.07, 6.45) is 1.06. The van der Waals surface area contributed by atoms with Crippen molar-refractivity contribution in [2.24, 2.45) is 11.8 Å². The fraction of sp³-hybridized carbons (Fsp3) is 0.533. The predicted octanol–water partition coefficient (Wildman–Crippen LogP) is 2.71. The number of rotatable bonds is 1. The molecular weight excluding hydrogens is 274 g/mol. The standard InChI is InChI=1S/C15H17NO5/c1-6-9-4-5-10-7(2)15(18)21-14(10)11(9)8(3)13(17)12(6)16(19)20/h7,10,14,17H,4-5H2,1-3H3/t7-,10-,14+/m0/s1. The number of benzene rings is 1. The van der Waals surface area contributed by atoms with Crippen molar-refractivity contribution in [3.8, 4) is 5.75 Å². The van der Waals surface area contributed by atoms with Crippen LogP contribution in [-0.2, 0) is 16.0 Å². The first-order valence-corrected chi connectivity index (χ1v) is 7.04. The van der Waals surface area contributed by atoms with Crippen molar-refractivity contribution in [1.29, 1.82) is 0 Å². The van der Waals surface area contributed by atoms with Crippen molar-refractivity contribution in [2.45, 2.75) is 39.7 Å². The lowest BCUT2D eigenvalue weighted by molar-refractivity contribution is -0.386. The summed E-state index contributed by atoms with van der Waals surface area (Å²) in [5, 5.41) is 21.3. The zero-order chi connectivity index (χ0) is 15.5. The molecule has 1 aromatic rings. The average Bonchev–Trinajstić information content (AvgIpc) is 2.71. The number of aromatic hydroxyl groups is 1. The van der Waals surface area contributed by atoms with E-state index in [0.29, 0.717) is 17.5 Å². The van der Waals surface area contributed by atoms with E-state index in [0.717, 1.165) is 17.5 Å². The zero-order valence-corrected chi connectivity index (χ0v) is 12.2. The number of nitro benzene ring substituents is 1. The van der Waals surface area contributed by atoms with Gasteiger partial charge in [0.25, 0.3) is 0 Å². The number of hydrogen-bond acceptors (Lipinski definition) is 5. The van der Waals surface area contributed by atoms with Crippen LogP contribution in [-0.4, -0.2) is 16.0 Å². The van der Waals surface area contributed by atoms with E-state index in [1.807, 2.05) is 6.92 Å². The molecule has 1 aliphatic heterocycles. The molecule has 6 heteroatoms. The second kappa shape index (κ2) is 4.44. The van der Waals surface area contributed by atoms with E-state index >= 15 is 0 Å². The highest BCUT2D eigenvalue weighted by Crippen LogP contribution is 2.51. The highest BCUT2D eigenvalue weighted by atomic mass is 16.6. The molecule has 0 saturated carbocycles. The monoisotopic (exact) mass is 291 g/mol. The third-order valence-corrected chi connectivity index (χ3v) is 4.96. The molecule has 1 fully saturated rings. The van der Waals surface area contributed by atoms with Crippen molar-refractivity contribution in [1.82, 2.24) is 0 Å². The summed E-state index contributed by atoms with van der Waals surface area (Å²) in [5.74, 6) is -0.621. The van der Waals surface area contributed by atoms with Gasteiger partial charge < -0.3 is 9.84 Å². The van der Waals surface area contributed by atoms with Crippen LogP contribution in [0.4, 0.5) is 5.69 Å². The molecule has 112 valence electrons. The Morgan fingerprint density at radius 3 is 2.62 bits per heavy atom. The number of phenolic OH excluding ortho intramolecular Hbond substituents is 1. The number of carbonyl (C=O) groups excluding carboxylic acids is 1. The third kappa shape index (κ3) is 1.74. The maximum absolute atomic E-state index is 11.8. The highest BCUT2D eigenvalue weighted by molar-refractivity contribution is 5.76. The zero-order valence-electron chi connectivity index (χ0n) is 12.2. The van der Waals surface area contributed by atoms with Gasteiger partial charge in [-0.1, -0.05) is 6.92 Å². The molecule has 0 radical (unpaired) electrons. The quantitative estimate of drug-likeness (QED) is 0.488. The first-order chi connectivity index (χ1) is 9.84. The van der Waals surface area contributed by atoms with E-state index in [1.54, 1.807) is 13.8 Å². The van der Waals surface area contributed by atoms with Crippen LogP contribution in [0.5, 0.6) is 5.75 Å². The predicted molar refractivity (Wildman–Crippen MR) is 74.0 cm³/mol. The number of nitro groups is 1. The summed E-state index contributed by atoms with van der Waals surface area (Å²) in [4.78, 5) is 22.4. The van der Waals surface area contributed by atoms with Crippen LogP contribution >= 0.6 is 0 Å². The molecule has 2 aliphatic rings. The summed E-state index contributed by atoms with van der Waals surface area (Å²) in [7, 11) is 0. The minimum absolute atomic E-state index is 0.0870. The Morgan fingerprint density at radius 2 is 2.00 bits per heavy atom. The lowest BCUT2D eigenvalue weighted by atomic mass is 9.74. The number of nitrogens with zero attached hydrogens (tertiary/aromatic N) is 1. The summed E-state index contributed by atoms with van der Waals surface area (Å²) in [6, 6.07) is 0. The van der Waals surface area contributed by atoms with E-state index in [-0.39, 0.29) is 35.3 Å². The van der Waals surface area contributed by atoms with Gasteiger partial charge in [0.15, 0.2) is 5.75 Å². The molecule has 1 saturated heterocycles. The van der Waals surface area contributed by atoms with E-state index in [2.05, 4.69) is 0 Å². The summed E-state index contributed by atoms with van der Waals surface area (Å²) in [6.45, 7) is 5.15. The molecule has 1 aromatic carbocycles. The smallest absolute Gasteiger partial charge is 0.314 e. The number of phenols is 1. The molecule has 0 amide bonds. The molecule has 1 heterocycles. The minimum atomic E-state index is -0.548. The van der Waals surface area contributed by atoms with Crippen LogP contribution in [0.2, 0.25) is 0 Å². The lowest BCUT2D eigenvalue weighted by Crippen LogP contribution is -2.22. The fourth-order valence-electron chi connectivity index (χ4n) is 3.73. The number of fused-ring (bicyclic) bond motifs is 3. The second-order valence-corrected chi connectivity index (χ2v) is 5.95. The lowest BCUT2D eigenvalue weighted by Gasteiger charge is -2.30. The van der Waals surface area contributed by atoms with Crippen LogP contribution < -0.4 is 0 Å². The van der Waals surface area contributed by atoms with Gasteiger partial charge in [-0.25, -0.2) is 0 Å². The maximum Gasteiger partial charge on any atom is 0.314 e. The van der Waals surface area contributed by atoms with Crippen molar-refractivity contribution < 1.29 is 19.6 Å². The van der Waals surface area contributed by atoms with Crippen molar-refractivity contribution in [3.05, 3.63) is 32.4 Å². The number of carbonyl (C=O) groups is 1. The summed E-state index contributed by atoms with van der Waals surface area (Å²) >= 11 is 0. The molecule has 3 atom stereocenters. The van der Waals surface area contributed by atoms with Crippen molar-refractivity contribution in [3.63, 3.8) is 0 Å². The Labute approximate surface area is 121 Å². The molecule has 3 rings (SSSR count). The first kappa shape index (κ1) is 13.9. The Kier molecular flexibility index (Phi) is 2.93. The van der Waals surface area contributed by atoms with Crippen LogP contribution in [0.1, 0.15) is 41.7 Å². The Balaban J connectivity index is 2.24. The second-order valence-electron chi connectivity index (χ2n) is 5.95. The number of hydrogen-bond donors (Lipinski definition) is 1. The molecule has 1 N–H and O–H groups in total. The highest BCUT2D eigenvalue weighted by Gasteiger charge is 2.47. The summed E-state index contributed by atoms with van der Waals surface area (Å²) < 4.78 is 5.48. The Hall–Kier alpha value is -2.11. The fourth-order valence-corrected chi connectivity index (χ4v) is 3.73. The third-order valence-electron chi connectivity index (χ3n) is 4.96. The van der Waals surface area contributed by atoms with Crippen LogP contribution in [0.15, 0.2) is 0 Å². The molecule has 1 aliphatic carbocycles. The van der Waals surface area contributed by atoms with Gasteiger partial charge in [0, 0.05) is 22.6 Å². The van der Waals surface area contributed by atoms with E-state index in [1.165, 1.54) is 0 Å². The van der Waals surface area contributed by atoms with Gasteiger partial charge in [0.05, 0.1) is 10.8 Å². The maximum atomic E-state index is 11.8. The van der Waals surface area contributed by atoms with E-state index in [9.17, 15) is 20.0 Å². The van der Waals surface area contributed by atoms with Crippen molar-refractivity contribution in [2.75, 3.05) is 0 Å². The number of esters is 1. The molecular formula is C15H17NO5. The largest absolute Gasteiger partial charge is 0.502 e. The number of ether oxygens (including phenoxy) is 1. The van der Waals surface area contributed by atoms with Gasteiger partial charge in [-0.15, -0.1) is 0 Å². The van der Waals surface area contributed by atoms with Gasteiger partial charge >= 0.3 is 11.7 Å². The Morgan fingerprint density at radius 1 is 1.33 bits per heavy atom. The topological polar surface area (TPSA) is 89.7 Å². The van der Waals surface area contributed by atoms with Crippen LogP contribution in [0.25, 0.3) is 0 Å². The molecule has 0 unspecified atom stereocenters. The molecule has 0 spiro atoms. The normalized spacial score (nSPS) is 27.0. The van der Waals surface area contributed by atoms with E-state index in [4.69, 9.17) is 4.74 Å². The molecule has 21 heavy (non-hydrogen) atoms. The average molecular weight is 291 g/mol. The van der Waals surface area contributed by atoms with Crippen LogP contribution in [0.3, 0.4) is 0 Å². The molecule has 0 bridgehead atoms. The van der Waals surface area contributed by atoms with Gasteiger partial charge in [-0.05, 0) is 32.3 Å². The van der Waals surface area contributed by atoms with Gasteiger partial charge in [0.1, 0.15) is 6.10 Å². The van der Waals surface area contributed by atoms with Crippen LogP contribution in [0, 0.1) is 35.8 Å². The Bertz CT molecular complexity index is 667. The van der Waals surface area contributed by atoms with Crippen molar-refractivity contribution >= 4 is 11.7 Å². The van der Waals surface area contributed by atoms with Gasteiger partial charge in [-0.3, -0.25) is 14.9 Å². The summed E-state index contributed by atoms with van der Waals surface area (Å²) in [5.41, 5.74) is 2.32. The van der Waals surface area contributed by atoms with E-state index < -0.39 is 4.92 Å². The first-order valence-electron chi connectivity index (χ1n) is 7.04.